The second kappa shape index (κ2) is 18.7. The molecule has 2 aliphatic rings. The van der Waals surface area contributed by atoms with Crippen LogP contribution < -0.4 is 26.6 Å². The molecule has 0 spiro atoms. The highest BCUT2D eigenvalue weighted by Crippen LogP contribution is 2.21. The van der Waals surface area contributed by atoms with Gasteiger partial charge >= 0.3 is 0 Å². The molecule has 0 radical (unpaired) electrons. The Morgan fingerprint density at radius 3 is 1.52 bits per heavy atom. The lowest BCUT2D eigenvalue weighted by Gasteiger charge is -2.32. The van der Waals surface area contributed by atoms with Crippen molar-refractivity contribution in [3.05, 3.63) is 71.8 Å². The Kier molecular flexibility index (Phi) is 14.4. The van der Waals surface area contributed by atoms with Crippen LogP contribution in [-0.2, 0) is 41.6 Å². The number of hydrogen-bond donors (Lipinski definition) is 5. The molecular formula is C40H56N6O6. The van der Waals surface area contributed by atoms with Gasteiger partial charge in [0.2, 0.25) is 35.4 Å². The number of rotatable bonds is 9. The van der Waals surface area contributed by atoms with Gasteiger partial charge in [-0.15, -0.1) is 0 Å². The summed E-state index contributed by atoms with van der Waals surface area (Å²) in [7, 11) is 0. The maximum atomic E-state index is 14.4. The van der Waals surface area contributed by atoms with E-state index in [2.05, 4.69) is 26.6 Å². The van der Waals surface area contributed by atoms with Crippen LogP contribution in [0, 0.1) is 17.8 Å². The molecule has 2 aromatic rings. The van der Waals surface area contributed by atoms with Gasteiger partial charge in [0.15, 0.2) is 0 Å². The van der Waals surface area contributed by atoms with Crippen LogP contribution in [0.15, 0.2) is 60.7 Å². The molecule has 0 saturated carbocycles. The van der Waals surface area contributed by atoms with Gasteiger partial charge in [-0.1, -0.05) is 102 Å². The first-order valence-corrected chi connectivity index (χ1v) is 18.6. The van der Waals surface area contributed by atoms with Gasteiger partial charge in [0.05, 0.1) is 0 Å². The number of nitrogens with one attached hydrogen (secondary N) is 5. The maximum Gasteiger partial charge on any atom is 0.246 e. The summed E-state index contributed by atoms with van der Waals surface area (Å²) < 4.78 is 0. The van der Waals surface area contributed by atoms with Crippen LogP contribution in [0.2, 0.25) is 0 Å². The molecule has 4 rings (SSSR count). The average molecular weight is 717 g/mol. The van der Waals surface area contributed by atoms with Crippen LogP contribution in [0.25, 0.3) is 0 Å². The number of carbonyl (C=O) groups is 6. The van der Waals surface area contributed by atoms with Gasteiger partial charge < -0.3 is 31.5 Å². The number of benzene rings is 2. The lowest BCUT2D eigenvalue weighted by Crippen LogP contribution is -2.62. The standard InChI is InChI=1S/C40H56N6O6/c1-24(2)20-29-35(47)44-32(23-28-16-11-8-12-17-28)40(52)46-19-13-18-33(46)38(50)42-31(22-27-14-9-7-10-15-27)36(48)41-30(21-25(3)4)37(49)45-34(26(5)6)39(51)43-29/h7-12,14-17,24-26,29-34H,13,18-23H2,1-6H3,(H,41,48)(H,42,50)(H,43,51)(H,44,47)(H,45,49). The van der Waals surface area contributed by atoms with Crippen molar-refractivity contribution in [3.63, 3.8) is 0 Å². The molecule has 2 saturated heterocycles. The van der Waals surface area contributed by atoms with Gasteiger partial charge in [-0.25, -0.2) is 0 Å². The highest BCUT2D eigenvalue weighted by atomic mass is 16.2. The number of hydrogen-bond acceptors (Lipinski definition) is 6. The van der Waals surface area contributed by atoms with Crippen molar-refractivity contribution in [2.75, 3.05) is 6.54 Å². The molecule has 12 nitrogen and oxygen atoms in total. The van der Waals surface area contributed by atoms with Gasteiger partial charge in [0.1, 0.15) is 36.3 Å². The Balaban J connectivity index is 1.77. The highest BCUT2D eigenvalue weighted by molar-refractivity contribution is 5.98. The molecule has 2 heterocycles. The molecule has 282 valence electrons. The first kappa shape index (κ1) is 40.0. The van der Waals surface area contributed by atoms with Crippen molar-refractivity contribution in [2.45, 2.75) is 116 Å². The van der Waals surface area contributed by atoms with Crippen molar-refractivity contribution in [1.29, 1.82) is 0 Å². The van der Waals surface area contributed by atoms with Crippen LogP contribution in [0.1, 0.15) is 78.4 Å². The molecule has 2 fully saturated rings. The van der Waals surface area contributed by atoms with Crippen molar-refractivity contribution in [2.24, 2.45) is 17.8 Å². The van der Waals surface area contributed by atoms with E-state index in [0.29, 0.717) is 19.4 Å². The molecule has 0 aliphatic carbocycles. The Bertz CT molecular complexity index is 1550. The predicted molar refractivity (Wildman–Crippen MR) is 198 cm³/mol. The summed E-state index contributed by atoms with van der Waals surface area (Å²) in [6.07, 6.45) is 1.82. The molecule has 12 heteroatoms. The lowest BCUT2D eigenvalue weighted by molar-refractivity contribution is -0.143. The predicted octanol–water partition coefficient (Wildman–Crippen LogP) is 2.65. The average Bonchev–Trinajstić information content (AvgIpc) is 3.59. The van der Waals surface area contributed by atoms with Crippen molar-refractivity contribution in [3.8, 4) is 0 Å². The zero-order chi connectivity index (χ0) is 37.9. The normalized spacial score (nSPS) is 25.5. The molecule has 52 heavy (non-hydrogen) atoms. The summed E-state index contributed by atoms with van der Waals surface area (Å²) in [5, 5.41) is 14.4. The summed E-state index contributed by atoms with van der Waals surface area (Å²) in [5.41, 5.74) is 1.61. The zero-order valence-corrected chi connectivity index (χ0v) is 31.3. The minimum Gasteiger partial charge on any atom is -0.343 e. The molecule has 2 aromatic carbocycles. The monoisotopic (exact) mass is 716 g/mol. The number of carbonyl (C=O) groups excluding carboxylic acids is 6. The van der Waals surface area contributed by atoms with Crippen LogP contribution in [0.5, 0.6) is 0 Å². The van der Waals surface area contributed by atoms with E-state index in [9.17, 15) is 28.8 Å². The van der Waals surface area contributed by atoms with Crippen molar-refractivity contribution >= 4 is 35.4 Å². The summed E-state index contributed by atoms with van der Waals surface area (Å²) in [4.78, 5) is 85.8. The third kappa shape index (κ3) is 11.1. The summed E-state index contributed by atoms with van der Waals surface area (Å²) in [6, 6.07) is 12.5. The van der Waals surface area contributed by atoms with E-state index < -0.39 is 71.7 Å². The zero-order valence-electron chi connectivity index (χ0n) is 31.3. The number of amides is 6. The Labute approximate surface area is 307 Å². The summed E-state index contributed by atoms with van der Waals surface area (Å²) in [6.45, 7) is 11.6. The molecule has 0 bridgehead atoms. The molecule has 5 N–H and O–H groups in total. The topological polar surface area (TPSA) is 166 Å². The third-order valence-electron chi connectivity index (χ3n) is 9.58. The van der Waals surface area contributed by atoms with Gasteiger partial charge in [0, 0.05) is 19.4 Å². The third-order valence-corrected chi connectivity index (χ3v) is 9.58. The van der Waals surface area contributed by atoms with E-state index in [1.165, 1.54) is 4.90 Å². The smallest absolute Gasteiger partial charge is 0.246 e. The van der Waals surface area contributed by atoms with Gasteiger partial charge in [-0.3, -0.25) is 28.8 Å². The van der Waals surface area contributed by atoms with E-state index >= 15 is 0 Å². The van der Waals surface area contributed by atoms with Crippen LogP contribution in [0.4, 0.5) is 0 Å². The SMILES string of the molecule is CC(C)CC1NC(=O)C(Cc2ccccc2)NC(=O)C2CCCN2C(=O)C(Cc2ccccc2)NC(=O)C(CC(C)C)NC(=O)C(C(C)C)NC1=O. The van der Waals surface area contributed by atoms with Gasteiger partial charge in [-0.2, -0.15) is 0 Å². The Morgan fingerprint density at radius 2 is 1.00 bits per heavy atom. The molecule has 2 aliphatic heterocycles. The van der Waals surface area contributed by atoms with Crippen LogP contribution >= 0.6 is 0 Å². The summed E-state index contributed by atoms with van der Waals surface area (Å²) >= 11 is 0. The van der Waals surface area contributed by atoms with E-state index in [-0.39, 0.29) is 43.4 Å². The fourth-order valence-corrected chi connectivity index (χ4v) is 6.88. The minimum atomic E-state index is -1.06. The van der Waals surface area contributed by atoms with E-state index in [4.69, 9.17) is 0 Å². The molecule has 6 amide bonds. The van der Waals surface area contributed by atoms with Crippen molar-refractivity contribution < 1.29 is 28.8 Å². The maximum absolute atomic E-state index is 14.4. The van der Waals surface area contributed by atoms with Crippen molar-refractivity contribution in [1.82, 2.24) is 31.5 Å². The fourth-order valence-electron chi connectivity index (χ4n) is 6.88. The number of fused-ring (bicyclic) bond motifs is 1. The van der Waals surface area contributed by atoms with Gasteiger partial charge in [-0.05, 0) is 54.6 Å². The first-order chi connectivity index (χ1) is 24.7. The highest BCUT2D eigenvalue weighted by Gasteiger charge is 2.41. The van der Waals surface area contributed by atoms with Crippen LogP contribution in [-0.4, -0.2) is 83.1 Å². The van der Waals surface area contributed by atoms with E-state index in [1.807, 2.05) is 88.4 Å². The van der Waals surface area contributed by atoms with Gasteiger partial charge in [0.25, 0.3) is 0 Å². The second-order valence-corrected chi connectivity index (χ2v) is 15.3. The molecule has 6 unspecified atom stereocenters. The first-order valence-electron chi connectivity index (χ1n) is 18.6. The van der Waals surface area contributed by atoms with E-state index in [0.717, 1.165) is 11.1 Å². The number of nitrogens with zero attached hydrogens (tertiary/aromatic N) is 1. The Morgan fingerprint density at radius 1 is 0.558 bits per heavy atom. The summed E-state index contributed by atoms with van der Waals surface area (Å²) in [5.74, 6) is -3.42. The lowest BCUT2D eigenvalue weighted by atomic mass is 9.97. The Hall–Kier alpha value is -4.74. The fraction of sp³-hybridized carbons (Fsp3) is 0.550. The largest absolute Gasteiger partial charge is 0.343 e. The second-order valence-electron chi connectivity index (χ2n) is 15.3. The quantitative estimate of drug-likeness (QED) is 0.268. The van der Waals surface area contributed by atoms with Crippen LogP contribution in [0.3, 0.4) is 0 Å². The molecule has 0 aromatic heterocycles. The molecular weight excluding hydrogens is 660 g/mol. The minimum absolute atomic E-state index is 0.00316. The molecule has 6 atom stereocenters. The van der Waals surface area contributed by atoms with E-state index in [1.54, 1.807) is 13.8 Å².